The van der Waals surface area contributed by atoms with Crippen molar-refractivity contribution in [3.8, 4) is 34.5 Å². The number of phenols is 2. The lowest BCUT2D eigenvalue weighted by Gasteiger charge is -2.27. The van der Waals surface area contributed by atoms with Crippen LogP contribution in [0.1, 0.15) is 44.5 Å². The number of rotatable bonds is 10. The fourth-order valence-electron chi connectivity index (χ4n) is 4.90. The van der Waals surface area contributed by atoms with E-state index in [0.717, 1.165) is 0 Å². The third-order valence-corrected chi connectivity index (χ3v) is 10.7. The number of para-hydroxylation sites is 4. The predicted octanol–water partition coefficient (Wildman–Crippen LogP) is 11.1. The maximum Gasteiger partial charge on any atom is 0.598 e. The molecule has 0 aromatic heterocycles. The third-order valence-electron chi connectivity index (χ3n) is 7.50. The van der Waals surface area contributed by atoms with Gasteiger partial charge in [0.05, 0.1) is 0 Å². The van der Waals surface area contributed by atoms with Gasteiger partial charge in [0, 0.05) is 0 Å². The molecule has 0 aliphatic heterocycles. The molecule has 5 aromatic carbocycles. The van der Waals surface area contributed by atoms with Gasteiger partial charge in [-0.2, -0.15) is 0 Å². The average molecular weight is 705 g/mol. The molecular formula is C38H42O9P2. The van der Waals surface area contributed by atoms with Crippen molar-refractivity contribution in [2.45, 2.75) is 55.4 Å². The van der Waals surface area contributed by atoms with E-state index >= 15 is 0 Å². The first kappa shape index (κ1) is 37.1. The summed E-state index contributed by atoms with van der Waals surface area (Å²) in [6.45, 7) is 14.5. The van der Waals surface area contributed by atoms with Crippen molar-refractivity contribution in [1.29, 1.82) is 0 Å². The summed E-state index contributed by atoms with van der Waals surface area (Å²) < 4.78 is 59.5. The molecule has 9 nitrogen and oxygen atoms in total. The van der Waals surface area contributed by atoms with E-state index in [-0.39, 0.29) is 34.5 Å². The fraction of sp³-hybridized carbons (Fsp3) is 0.211. The summed E-state index contributed by atoms with van der Waals surface area (Å²) in [6, 6.07) is 27.6. The molecule has 0 aliphatic carbocycles. The summed E-state index contributed by atoms with van der Waals surface area (Å²) in [7, 11) is -9.48. The summed E-state index contributed by atoms with van der Waals surface area (Å²) in [5.41, 5.74) is 5.56. The third kappa shape index (κ3) is 9.70. The first-order valence-electron chi connectivity index (χ1n) is 15.5. The Kier molecular flexibility index (Phi) is 11.9. The van der Waals surface area contributed by atoms with Gasteiger partial charge in [-0.1, -0.05) is 72.8 Å². The molecule has 0 spiro atoms. The molecule has 0 fully saturated rings. The monoisotopic (exact) mass is 704 g/mol. The number of hydrogen-bond donors (Lipinski definition) is 2. The minimum atomic E-state index is -4.74. The van der Waals surface area contributed by atoms with Crippen molar-refractivity contribution in [2.24, 2.45) is 0 Å². The Balaban J connectivity index is 0.000000592. The molecule has 49 heavy (non-hydrogen) atoms. The minimum absolute atomic E-state index is 0.169. The van der Waals surface area contributed by atoms with Gasteiger partial charge in [0.15, 0.2) is 0 Å². The molecule has 0 saturated heterocycles. The Hall–Kier alpha value is -4.68. The van der Waals surface area contributed by atoms with Crippen LogP contribution in [0.3, 0.4) is 0 Å². The first-order chi connectivity index (χ1) is 23.1. The number of phenolic OH excluding ortho intramolecular Hbond substituents is 2. The zero-order valence-corrected chi connectivity index (χ0v) is 30.7. The zero-order valence-electron chi connectivity index (χ0n) is 28.9. The lowest BCUT2D eigenvalue weighted by molar-refractivity contribution is 0.240. The van der Waals surface area contributed by atoms with Gasteiger partial charge in [-0.25, -0.2) is 9.13 Å². The van der Waals surface area contributed by atoms with Crippen molar-refractivity contribution in [3.05, 3.63) is 142 Å². The Labute approximate surface area is 288 Å². The SMILES string of the molecule is Cc1cccc(C)c1OP(=O)(Oc1c(C)cccc1C)OP(=O)(Oc1c(C)cccc1C)Oc1c(C)cccc1C.Oc1ccc(O)cc1. The van der Waals surface area contributed by atoms with E-state index < -0.39 is 15.6 Å². The summed E-state index contributed by atoms with van der Waals surface area (Å²) in [6.07, 6.45) is 0. The van der Waals surface area contributed by atoms with Gasteiger partial charge in [0.2, 0.25) is 0 Å². The van der Waals surface area contributed by atoms with Gasteiger partial charge in [0.1, 0.15) is 34.5 Å². The van der Waals surface area contributed by atoms with Crippen LogP contribution in [-0.2, 0) is 13.4 Å². The van der Waals surface area contributed by atoms with E-state index in [1.807, 2.05) is 128 Å². The van der Waals surface area contributed by atoms with Crippen molar-refractivity contribution >= 4 is 15.6 Å². The van der Waals surface area contributed by atoms with Crippen molar-refractivity contribution in [1.82, 2.24) is 0 Å². The molecule has 5 aromatic rings. The molecule has 0 saturated carbocycles. The largest absolute Gasteiger partial charge is 0.598 e. The summed E-state index contributed by atoms with van der Waals surface area (Å²) in [5.74, 6) is 1.48. The molecule has 258 valence electrons. The van der Waals surface area contributed by atoms with Crippen molar-refractivity contribution < 1.29 is 41.7 Å². The number of aryl methyl sites for hydroxylation is 8. The van der Waals surface area contributed by atoms with Crippen molar-refractivity contribution in [2.75, 3.05) is 0 Å². The Bertz CT molecular complexity index is 1680. The van der Waals surface area contributed by atoms with E-state index in [1.165, 1.54) is 24.3 Å². The first-order valence-corrected chi connectivity index (χ1v) is 18.4. The van der Waals surface area contributed by atoms with E-state index in [0.29, 0.717) is 44.5 Å². The number of hydrogen-bond acceptors (Lipinski definition) is 9. The average Bonchev–Trinajstić information content (AvgIpc) is 3.03. The lowest BCUT2D eigenvalue weighted by Crippen LogP contribution is -2.13. The highest BCUT2D eigenvalue weighted by Crippen LogP contribution is 2.66. The Morgan fingerprint density at radius 2 is 0.551 bits per heavy atom. The highest BCUT2D eigenvalue weighted by atomic mass is 31.3. The Morgan fingerprint density at radius 3 is 0.735 bits per heavy atom. The highest BCUT2D eigenvalue weighted by molar-refractivity contribution is 7.63. The van der Waals surface area contributed by atoms with Gasteiger partial charge in [0.25, 0.3) is 0 Å². The number of benzene rings is 5. The second-order valence-corrected chi connectivity index (χ2v) is 14.9. The molecule has 11 heteroatoms. The molecule has 0 radical (unpaired) electrons. The molecule has 5 rings (SSSR count). The van der Waals surface area contributed by atoms with Crippen LogP contribution in [0.15, 0.2) is 97.1 Å². The van der Waals surface area contributed by atoms with E-state index in [4.69, 9.17) is 32.6 Å². The number of phosphoric acid groups is 2. The predicted molar refractivity (Wildman–Crippen MR) is 192 cm³/mol. The van der Waals surface area contributed by atoms with Gasteiger partial charge in [-0.15, -0.1) is 4.31 Å². The molecule has 0 bridgehead atoms. The second-order valence-electron chi connectivity index (χ2n) is 11.7. The van der Waals surface area contributed by atoms with E-state index in [9.17, 15) is 9.13 Å². The van der Waals surface area contributed by atoms with Crippen LogP contribution < -0.4 is 18.1 Å². The molecule has 0 heterocycles. The number of phosphoric ester groups is 2. The molecular weight excluding hydrogens is 662 g/mol. The van der Waals surface area contributed by atoms with Gasteiger partial charge < -0.3 is 28.3 Å². The smallest absolute Gasteiger partial charge is 0.508 e. The summed E-state index contributed by atoms with van der Waals surface area (Å²) >= 11 is 0. The fourth-order valence-corrected chi connectivity index (χ4v) is 8.53. The van der Waals surface area contributed by atoms with Gasteiger partial charge in [-0.3, -0.25) is 0 Å². The molecule has 0 unspecified atom stereocenters. The molecule has 0 atom stereocenters. The Morgan fingerprint density at radius 1 is 0.367 bits per heavy atom. The summed E-state index contributed by atoms with van der Waals surface area (Å²) in [4.78, 5) is 0. The van der Waals surface area contributed by atoms with Gasteiger partial charge >= 0.3 is 15.6 Å². The van der Waals surface area contributed by atoms with Crippen LogP contribution in [0.4, 0.5) is 0 Å². The molecule has 0 aliphatic rings. The molecule has 2 N–H and O–H groups in total. The van der Waals surface area contributed by atoms with Crippen LogP contribution in [-0.4, -0.2) is 10.2 Å². The highest BCUT2D eigenvalue weighted by Gasteiger charge is 2.47. The van der Waals surface area contributed by atoms with Crippen LogP contribution in [0.25, 0.3) is 0 Å². The van der Waals surface area contributed by atoms with Crippen LogP contribution in [0.2, 0.25) is 0 Å². The normalized spacial score (nSPS) is 11.3. The standard InChI is InChI=1S/C32H36O7P2.C6H6O2/c1-21-13-9-14-22(2)29(21)35-40(33,36-30-23(3)15-10-16-24(30)4)39-41(34,37-31-25(5)17-11-18-26(31)6)38-32-27(7)19-12-20-28(32)8;7-5-1-2-6(8)4-3-5/h9-20H,1-8H3;1-4,7-8H. The lowest BCUT2D eigenvalue weighted by atomic mass is 10.1. The summed E-state index contributed by atoms with van der Waals surface area (Å²) in [5, 5.41) is 17.3. The van der Waals surface area contributed by atoms with Crippen LogP contribution in [0.5, 0.6) is 34.5 Å². The van der Waals surface area contributed by atoms with E-state index in [1.54, 1.807) is 0 Å². The quantitative estimate of drug-likeness (QED) is 0.108. The zero-order chi connectivity index (χ0) is 35.9. The second kappa shape index (κ2) is 15.7. The van der Waals surface area contributed by atoms with E-state index in [2.05, 4.69) is 0 Å². The van der Waals surface area contributed by atoms with Crippen LogP contribution >= 0.6 is 15.6 Å². The molecule has 0 amide bonds. The topological polar surface area (TPSA) is 121 Å². The maximum absolute atomic E-state index is 14.7. The van der Waals surface area contributed by atoms with Crippen LogP contribution in [0, 0.1) is 55.4 Å². The minimum Gasteiger partial charge on any atom is -0.508 e. The van der Waals surface area contributed by atoms with Gasteiger partial charge in [-0.05, 0) is 124 Å². The number of aromatic hydroxyl groups is 2. The van der Waals surface area contributed by atoms with Crippen molar-refractivity contribution in [3.63, 3.8) is 0 Å². The maximum atomic E-state index is 14.7.